The Morgan fingerprint density at radius 1 is 1.25 bits per heavy atom. The number of aryl methyl sites for hydroxylation is 1. The van der Waals surface area contributed by atoms with Crippen LogP contribution in [0.5, 0.6) is 5.75 Å². The summed E-state index contributed by atoms with van der Waals surface area (Å²) in [5.74, 6) is 1.99. The third-order valence-corrected chi connectivity index (χ3v) is 3.13. The van der Waals surface area contributed by atoms with Crippen LogP contribution in [0.25, 0.3) is 0 Å². The fraction of sp³-hybridized carbons (Fsp3) is 0.467. The van der Waals surface area contributed by atoms with Gasteiger partial charge in [-0.15, -0.1) is 0 Å². The van der Waals surface area contributed by atoms with Gasteiger partial charge in [-0.05, 0) is 30.5 Å². The molecule has 5 heteroatoms. The highest BCUT2D eigenvalue weighted by atomic mass is 16.5. The maximum absolute atomic E-state index is 5.93. The van der Waals surface area contributed by atoms with E-state index in [1.165, 1.54) is 5.56 Å². The second kappa shape index (κ2) is 7.05. The summed E-state index contributed by atoms with van der Waals surface area (Å²) in [4.78, 5) is 4.19. The molecule has 1 unspecified atom stereocenters. The van der Waals surface area contributed by atoms with Crippen molar-refractivity contribution in [3.63, 3.8) is 0 Å². The molecular weight excluding hydrogens is 254 g/mol. The van der Waals surface area contributed by atoms with Crippen LogP contribution in [0.1, 0.15) is 37.5 Å². The number of rotatable bonds is 7. The maximum Gasteiger partial charge on any atom is 0.226 e. The van der Waals surface area contributed by atoms with Crippen LogP contribution in [-0.2, 0) is 19.4 Å². The standard InChI is InChI=1S/C15H21N3O2/c1-3-12(16)9-11-5-7-13(8-6-11)19-10-14-17-15(4-2)20-18-14/h5-8,12H,3-4,9-10,16H2,1-2H3. The molecule has 0 saturated carbocycles. The third-order valence-electron chi connectivity index (χ3n) is 3.13. The first-order valence-corrected chi connectivity index (χ1v) is 7.00. The van der Waals surface area contributed by atoms with Crippen LogP contribution in [0.15, 0.2) is 28.8 Å². The molecule has 108 valence electrons. The first-order chi connectivity index (χ1) is 9.71. The zero-order valence-corrected chi connectivity index (χ0v) is 12.0. The van der Waals surface area contributed by atoms with Crippen molar-refractivity contribution in [3.05, 3.63) is 41.5 Å². The fourth-order valence-electron chi connectivity index (χ4n) is 1.81. The SMILES string of the molecule is CCc1nc(COc2ccc(CC(N)CC)cc2)no1. The van der Waals surface area contributed by atoms with Gasteiger partial charge in [0.25, 0.3) is 0 Å². The lowest BCUT2D eigenvalue weighted by Crippen LogP contribution is -2.21. The van der Waals surface area contributed by atoms with Gasteiger partial charge in [-0.2, -0.15) is 4.98 Å². The summed E-state index contributed by atoms with van der Waals surface area (Å²) in [6.07, 6.45) is 2.61. The van der Waals surface area contributed by atoms with E-state index < -0.39 is 0 Å². The Bertz CT molecular complexity index is 522. The Labute approximate surface area is 119 Å². The number of hydrogen-bond donors (Lipinski definition) is 1. The summed E-state index contributed by atoms with van der Waals surface area (Å²) in [5.41, 5.74) is 7.16. The Balaban J connectivity index is 1.87. The first kappa shape index (κ1) is 14.5. The zero-order valence-electron chi connectivity index (χ0n) is 12.0. The van der Waals surface area contributed by atoms with Gasteiger partial charge in [0.1, 0.15) is 5.75 Å². The monoisotopic (exact) mass is 275 g/mol. The van der Waals surface area contributed by atoms with E-state index in [-0.39, 0.29) is 6.04 Å². The number of nitrogens with two attached hydrogens (primary N) is 1. The molecule has 0 amide bonds. The molecule has 5 nitrogen and oxygen atoms in total. The molecular formula is C15H21N3O2. The van der Waals surface area contributed by atoms with Crippen molar-refractivity contribution >= 4 is 0 Å². The smallest absolute Gasteiger partial charge is 0.226 e. The molecule has 20 heavy (non-hydrogen) atoms. The molecule has 1 aromatic heterocycles. The second-order valence-corrected chi connectivity index (χ2v) is 4.76. The van der Waals surface area contributed by atoms with E-state index in [4.69, 9.17) is 15.0 Å². The van der Waals surface area contributed by atoms with Gasteiger partial charge in [0.05, 0.1) is 0 Å². The average molecular weight is 275 g/mol. The average Bonchev–Trinajstić information content (AvgIpc) is 2.94. The molecule has 0 radical (unpaired) electrons. The Kier molecular flexibility index (Phi) is 5.12. The van der Waals surface area contributed by atoms with Crippen molar-refractivity contribution in [2.45, 2.75) is 45.8 Å². The molecule has 0 saturated heterocycles. The van der Waals surface area contributed by atoms with E-state index in [9.17, 15) is 0 Å². The molecule has 2 aromatic rings. The lowest BCUT2D eigenvalue weighted by molar-refractivity contribution is 0.285. The molecule has 0 bridgehead atoms. The van der Waals surface area contributed by atoms with E-state index in [1.54, 1.807) is 0 Å². The van der Waals surface area contributed by atoms with Crippen LogP contribution in [0.2, 0.25) is 0 Å². The number of benzene rings is 1. The molecule has 1 heterocycles. The lowest BCUT2D eigenvalue weighted by atomic mass is 10.0. The van der Waals surface area contributed by atoms with E-state index in [1.807, 2.05) is 31.2 Å². The number of ether oxygens (including phenoxy) is 1. The van der Waals surface area contributed by atoms with Crippen molar-refractivity contribution in [1.82, 2.24) is 10.1 Å². The molecule has 2 rings (SSSR count). The summed E-state index contributed by atoms with van der Waals surface area (Å²) in [6, 6.07) is 8.18. The van der Waals surface area contributed by atoms with E-state index in [0.29, 0.717) is 18.3 Å². The highest BCUT2D eigenvalue weighted by molar-refractivity contribution is 5.27. The minimum atomic E-state index is 0.216. The second-order valence-electron chi connectivity index (χ2n) is 4.76. The Hall–Kier alpha value is -1.88. The summed E-state index contributed by atoms with van der Waals surface area (Å²) < 4.78 is 10.6. The van der Waals surface area contributed by atoms with Gasteiger partial charge in [-0.1, -0.05) is 31.1 Å². The summed E-state index contributed by atoms with van der Waals surface area (Å²) >= 11 is 0. The number of aromatic nitrogens is 2. The molecule has 0 spiro atoms. The van der Waals surface area contributed by atoms with Gasteiger partial charge in [0.2, 0.25) is 11.7 Å². The molecule has 0 aliphatic heterocycles. The Morgan fingerprint density at radius 2 is 2.00 bits per heavy atom. The highest BCUT2D eigenvalue weighted by Gasteiger charge is 2.05. The highest BCUT2D eigenvalue weighted by Crippen LogP contribution is 2.15. The van der Waals surface area contributed by atoms with Gasteiger partial charge < -0.3 is 15.0 Å². The number of nitrogens with zero attached hydrogens (tertiary/aromatic N) is 2. The summed E-state index contributed by atoms with van der Waals surface area (Å²) in [5, 5.41) is 3.84. The first-order valence-electron chi connectivity index (χ1n) is 7.00. The van der Waals surface area contributed by atoms with Gasteiger partial charge >= 0.3 is 0 Å². The molecule has 0 fully saturated rings. The van der Waals surface area contributed by atoms with Crippen LogP contribution < -0.4 is 10.5 Å². The zero-order chi connectivity index (χ0) is 14.4. The van der Waals surface area contributed by atoms with Gasteiger partial charge in [0.15, 0.2) is 6.61 Å². The summed E-state index contributed by atoms with van der Waals surface area (Å²) in [6.45, 7) is 4.38. The summed E-state index contributed by atoms with van der Waals surface area (Å²) in [7, 11) is 0. The van der Waals surface area contributed by atoms with E-state index in [0.717, 1.165) is 25.0 Å². The van der Waals surface area contributed by atoms with Crippen molar-refractivity contribution in [2.75, 3.05) is 0 Å². The van der Waals surface area contributed by atoms with Gasteiger partial charge in [-0.25, -0.2) is 0 Å². The lowest BCUT2D eigenvalue weighted by Gasteiger charge is -2.09. The largest absolute Gasteiger partial charge is 0.485 e. The predicted molar refractivity (Wildman–Crippen MR) is 76.4 cm³/mol. The van der Waals surface area contributed by atoms with E-state index >= 15 is 0 Å². The van der Waals surface area contributed by atoms with Crippen molar-refractivity contribution in [2.24, 2.45) is 5.73 Å². The molecule has 1 atom stereocenters. The third kappa shape index (κ3) is 4.06. The van der Waals surface area contributed by atoms with Crippen LogP contribution in [0.3, 0.4) is 0 Å². The van der Waals surface area contributed by atoms with Crippen LogP contribution >= 0.6 is 0 Å². The van der Waals surface area contributed by atoms with Gasteiger partial charge in [-0.3, -0.25) is 0 Å². The molecule has 0 aliphatic rings. The number of hydrogen-bond acceptors (Lipinski definition) is 5. The van der Waals surface area contributed by atoms with Crippen molar-refractivity contribution in [3.8, 4) is 5.75 Å². The minimum Gasteiger partial charge on any atom is -0.485 e. The van der Waals surface area contributed by atoms with Crippen molar-refractivity contribution < 1.29 is 9.26 Å². The fourth-order valence-corrected chi connectivity index (χ4v) is 1.81. The Morgan fingerprint density at radius 3 is 2.60 bits per heavy atom. The molecule has 2 N–H and O–H groups in total. The topological polar surface area (TPSA) is 74.2 Å². The molecule has 1 aromatic carbocycles. The van der Waals surface area contributed by atoms with Crippen LogP contribution in [0.4, 0.5) is 0 Å². The quantitative estimate of drug-likeness (QED) is 0.840. The minimum absolute atomic E-state index is 0.216. The normalized spacial score (nSPS) is 12.3. The molecule has 0 aliphatic carbocycles. The maximum atomic E-state index is 5.93. The van der Waals surface area contributed by atoms with E-state index in [2.05, 4.69) is 17.1 Å². The van der Waals surface area contributed by atoms with Crippen LogP contribution in [0, 0.1) is 0 Å². The van der Waals surface area contributed by atoms with Crippen LogP contribution in [-0.4, -0.2) is 16.2 Å². The van der Waals surface area contributed by atoms with Gasteiger partial charge in [0, 0.05) is 12.5 Å². The van der Waals surface area contributed by atoms with Crippen molar-refractivity contribution in [1.29, 1.82) is 0 Å². The predicted octanol–water partition coefficient (Wildman–Crippen LogP) is 2.49.